The Labute approximate surface area is 151 Å². The van der Waals surface area contributed by atoms with Crippen molar-refractivity contribution < 1.29 is 14.8 Å². The van der Waals surface area contributed by atoms with Crippen molar-refractivity contribution >= 4 is 22.7 Å². The van der Waals surface area contributed by atoms with Crippen molar-refractivity contribution in [2.45, 2.75) is 19.9 Å². The minimum atomic E-state index is -0.570. The van der Waals surface area contributed by atoms with Gasteiger partial charge < -0.3 is 10.3 Å². The average Bonchev–Trinajstić information content (AvgIpc) is 3.09. The fourth-order valence-corrected chi connectivity index (χ4v) is 2.96. The Kier molecular flexibility index (Phi) is 5.04. The molecule has 6 heteroatoms. The molecule has 2 amide bonds. The first-order valence-electron chi connectivity index (χ1n) is 8.42. The zero-order valence-corrected chi connectivity index (χ0v) is 14.6. The van der Waals surface area contributed by atoms with Gasteiger partial charge >= 0.3 is 0 Å². The molecule has 26 heavy (non-hydrogen) atoms. The van der Waals surface area contributed by atoms with Gasteiger partial charge in [-0.25, -0.2) is 5.48 Å². The number of nitrogens with one attached hydrogen (secondary N) is 3. The highest BCUT2D eigenvalue weighted by Gasteiger charge is 2.20. The molecule has 0 saturated heterocycles. The summed E-state index contributed by atoms with van der Waals surface area (Å²) in [4.78, 5) is 27.3. The molecule has 4 N–H and O–H groups in total. The minimum absolute atomic E-state index is 0.154. The number of carbonyl (C=O) groups is 2. The van der Waals surface area contributed by atoms with E-state index in [1.165, 1.54) is 0 Å². The monoisotopic (exact) mass is 351 g/mol. The first-order chi connectivity index (χ1) is 12.5. The zero-order chi connectivity index (χ0) is 18.7. The van der Waals surface area contributed by atoms with Gasteiger partial charge in [0, 0.05) is 16.5 Å². The lowest BCUT2D eigenvalue weighted by Gasteiger charge is -2.23. The molecule has 1 aromatic heterocycles. The van der Waals surface area contributed by atoms with E-state index in [0.29, 0.717) is 11.3 Å². The molecule has 0 saturated carbocycles. The number of amides is 2. The van der Waals surface area contributed by atoms with Crippen molar-refractivity contribution in [3.8, 4) is 0 Å². The SMILES string of the molecule is CC(C)C(NC(=O)c1cc2ccccc2[nH]1)c1ccc(C(=O)NO)cc1. The van der Waals surface area contributed by atoms with E-state index in [4.69, 9.17) is 5.21 Å². The van der Waals surface area contributed by atoms with Gasteiger partial charge in [0.05, 0.1) is 6.04 Å². The van der Waals surface area contributed by atoms with E-state index >= 15 is 0 Å². The molecule has 1 heterocycles. The number of rotatable bonds is 5. The Morgan fingerprint density at radius 2 is 1.69 bits per heavy atom. The van der Waals surface area contributed by atoms with E-state index in [2.05, 4.69) is 10.3 Å². The lowest BCUT2D eigenvalue weighted by molar-refractivity contribution is 0.0706. The molecular weight excluding hydrogens is 330 g/mol. The highest BCUT2D eigenvalue weighted by atomic mass is 16.5. The van der Waals surface area contributed by atoms with Crippen LogP contribution < -0.4 is 10.8 Å². The minimum Gasteiger partial charge on any atom is -0.351 e. The molecule has 0 radical (unpaired) electrons. The molecule has 0 fully saturated rings. The van der Waals surface area contributed by atoms with Crippen LogP contribution in [0.3, 0.4) is 0 Å². The van der Waals surface area contributed by atoms with Crippen LogP contribution in [-0.4, -0.2) is 22.0 Å². The van der Waals surface area contributed by atoms with E-state index in [1.54, 1.807) is 29.7 Å². The summed E-state index contributed by atoms with van der Waals surface area (Å²) < 4.78 is 0. The fourth-order valence-electron chi connectivity index (χ4n) is 2.96. The summed E-state index contributed by atoms with van der Waals surface area (Å²) in [6.45, 7) is 4.04. The van der Waals surface area contributed by atoms with Gasteiger partial charge in [0.15, 0.2) is 0 Å². The van der Waals surface area contributed by atoms with Gasteiger partial charge in [0.1, 0.15) is 5.69 Å². The normalized spacial score (nSPS) is 12.2. The fraction of sp³-hybridized carbons (Fsp3) is 0.200. The molecule has 3 rings (SSSR count). The number of hydroxylamine groups is 1. The predicted molar refractivity (Wildman–Crippen MR) is 99.0 cm³/mol. The van der Waals surface area contributed by atoms with Crippen LogP contribution in [0.15, 0.2) is 54.6 Å². The van der Waals surface area contributed by atoms with Gasteiger partial charge in [0.2, 0.25) is 0 Å². The van der Waals surface area contributed by atoms with Crippen LogP contribution in [0.25, 0.3) is 10.9 Å². The Bertz CT molecular complexity index is 896. The summed E-state index contributed by atoms with van der Waals surface area (Å²) in [6, 6.07) is 16.1. The summed E-state index contributed by atoms with van der Waals surface area (Å²) in [6.07, 6.45) is 0. The van der Waals surface area contributed by atoms with E-state index in [0.717, 1.165) is 16.5 Å². The van der Waals surface area contributed by atoms with Gasteiger partial charge in [-0.3, -0.25) is 14.8 Å². The lowest BCUT2D eigenvalue weighted by Crippen LogP contribution is -2.32. The molecule has 0 aliphatic heterocycles. The largest absolute Gasteiger partial charge is 0.351 e. The predicted octanol–water partition coefficient (Wildman–Crippen LogP) is 3.41. The van der Waals surface area contributed by atoms with Crippen LogP contribution in [0.4, 0.5) is 0 Å². The van der Waals surface area contributed by atoms with Gasteiger partial charge in [0.25, 0.3) is 11.8 Å². The van der Waals surface area contributed by atoms with Crippen molar-refractivity contribution in [1.82, 2.24) is 15.8 Å². The Morgan fingerprint density at radius 3 is 2.31 bits per heavy atom. The maximum Gasteiger partial charge on any atom is 0.274 e. The Morgan fingerprint density at radius 1 is 1.00 bits per heavy atom. The maximum atomic E-state index is 12.7. The van der Waals surface area contributed by atoms with Gasteiger partial charge in [-0.05, 0) is 35.7 Å². The van der Waals surface area contributed by atoms with E-state index in [-0.39, 0.29) is 17.9 Å². The summed E-state index contributed by atoms with van der Waals surface area (Å²) in [7, 11) is 0. The summed E-state index contributed by atoms with van der Waals surface area (Å²) in [5.74, 6) is -0.599. The van der Waals surface area contributed by atoms with Crippen LogP contribution >= 0.6 is 0 Å². The van der Waals surface area contributed by atoms with Gasteiger partial charge in [-0.2, -0.15) is 0 Å². The summed E-state index contributed by atoms with van der Waals surface area (Å²) in [5.41, 5.74) is 4.26. The number of aromatic amines is 1. The maximum absolute atomic E-state index is 12.7. The molecule has 1 atom stereocenters. The first kappa shape index (κ1) is 17.7. The van der Waals surface area contributed by atoms with Gasteiger partial charge in [-0.1, -0.05) is 44.2 Å². The molecule has 0 bridgehead atoms. The number of aromatic nitrogens is 1. The molecule has 6 nitrogen and oxygen atoms in total. The second kappa shape index (κ2) is 7.41. The van der Waals surface area contributed by atoms with Crippen molar-refractivity contribution in [3.05, 3.63) is 71.4 Å². The standard InChI is InChI=1S/C20H21N3O3/c1-12(2)18(13-7-9-14(10-8-13)19(24)23-26)22-20(25)17-11-15-5-3-4-6-16(15)21-17/h3-12,18,21,26H,1-2H3,(H,22,25)(H,23,24). The second-order valence-corrected chi connectivity index (χ2v) is 6.53. The molecule has 3 aromatic rings. The topological polar surface area (TPSA) is 94.2 Å². The molecule has 0 spiro atoms. The van der Waals surface area contributed by atoms with E-state index < -0.39 is 5.91 Å². The van der Waals surface area contributed by atoms with E-state index in [1.807, 2.05) is 44.2 Å². The summed E-state index contributed by atoms with van der Waals surface area (Å²) in [5, 5.41) is 12.7. The lowest BCUT2D eigenvalue weighted by atomic mass is 9.95. The number of fused-ring (bicyclic) bond motifs is 1. The number of benzene rings is 2. The number of hydrogen-bond acceptors (Lipinski definition) is 3. The molecule has 1 unspecified atom stereocenters. The van der Waals surface area contributed by atoms with Crippen molar-refractivity contribution in [2.24, 2.45) is 5.92 Å². The van der Waals surface area contributed by atoms with Crippen LogP contribution in [0.5, 0.6) is 0 Å². The van der Waals surface area contributed by atoms with Crippen molar-refractivity contribution in [3.63, 3.8) is 0 Å². The number of hydrogen-bond donors (Lipinski definition) is 4. The smallest absolute Gasteiger partial charge is 0.274 e. The third-order valence-electron chi connectivity index (χ3n) is 4.36. The Balaban J connectivity index is 1.81. The zero-order valence-electron chi connectivity index (χ0n) is 14.6. The van der Waals surface area contributed by atoms with Gasteiger partial charge in [-0.15, -0.1) is 0 Å². The van der Waals surface area contributed by atoms with E-state index in [9.17, 15) is 9.59 Å². The van der Waals surface area contributed by atoms with Crippen LogP contribution in [0, 0.1) is 5.92 Å². The quantitative estimate of drug-likeness (QED) is 0.419. The highest BCUT2D eigenvalue weighted by molar-refractivity contribution is 5.98. The van der Waals surface area contributed by atoms with Crippen LogP contribution in [-0.2, 0) is 0 Å². The summed E-state index contributed by atoms with van der Waals surface area (Å²) >= 11 is 0. The average molecular weight is 351 g/mol. The number of H-pyrrole nitrogens is 1. The molecule has 134 valence electrons. The third-order valence-corrected chi connectivity index (χ3v) is 4.36. The third kappa shape index (κ3) is 3.60. The first-order valence-corrected chi connectivity index (χ1v) is 8.42. The molecule has 2 aromatic carbocycles. The Hall–Kier alpha value is -3.12. The molecule has 0 aliphatic carbocycles. The molecular formula is C20H21N3O3. The number of carbonyl (C=O) groups excluding carboxylic acids is 2. The second-order valence-electron chi connectivity index (χ2n) is 6.53. The number of para-hydroxylation sites is 1. The van der Waals surface area contributed by atoms with Crippen LogP contribution in [0.2, 0.25) is 0 Å². The van der Waals surface area contributed by atoms with Crippen molar-refractivity contribution in [2.75, 3.05) is 0 Å². The molecule has 0 aliphatic rings. The highest BCUT2D eigenvalue weighted by Crippen LogP contribution is 2.23. The van der Waals surface area contributed by atoms with Crippen LogP contribution in [0.1, 0.15) is 46.3 Å². The van der Waals surface area contributed by atoms with Crippen molar-refractivity contribution in [1.29, 1.82) is 0 Å².